The Hall–Kier alpha value is -0.320. The van der Waals surface area contributed by atoms with E-state index in [9.17, 15) is 10.2 Å². The maximum absolute atomic E-state index is 11.0. The van der Waals surface area contributed by atoms with E-state index in [4.69, 9.17) is 11.5 Å². The van der Waals surface area contributed by atoms with Crippen LogP contribution >= 0.6 is 0 Å². The Morgan fingerprint density at radius 2 is 1.00 bits per heavy atom. The van der Waals surface area contributed by atoms with Crippen molar-refractivity contribution in [1.82, 2.24) is 20.9 Å². The van der Waals surface area contributed by atoms with Crippen LogP contribution in [0.15, 0.2) is 0 Å². The second kappa shape index (κ2) is 37.6. The summed E-state index contributed by atoms with van der Waals surface area (Å²) in [6.45, 7) is 12.7. The van der Waals surface area contributed by atoms with Crippen molar-refractivity contribution in [2.75, 3.05) is 65.4 Å². The molecule has 312 valence electrons. The fourth-order valence-electron chi connectivity index (χ4n) is 8.32. The van der Waals surface area contributed by atoms with Crippen LogP contribution in [0.5, 0.6) is 0 Å². The third-order valence-corrected chi connectivity index (χ3v) is 11.7. The quantitative estimate of drug-likeness (QED) is 0.0316. The molecule has 8 nitrogen and oxygen atoms in total. The summed E-state index contributed by atoms with van der Waals surface area (Å²) < 4.78 is 0. The Kier molecular flexibility index (Phi) is 35.9. The van der Waals surface area contributed by atoms with Gasteiger partial charge in [-0.15, -0.1) is 0 Å². The Labute approximate surface area is 324 Å². The van der Waals surface area contributed by atoms with E-state index in [1.165, 1.54) is 154 Å². The van der Waals surface area contributed by atoms with Crippen LogP contribution in [0.2, 0.25) is 0 Å². The zero-order valence-electron chi connectivity index (χ0n) is 35.0. The number of piperazine rings is 1. The van der Waals surface area contributed by atoms with E-state index in [2.05, 4.69) is 34.7 Å². The molecule has 1 saturated heterocycles. The molecular weight excluding hydrogens is 645 g/mol. The van der Waals surface area contributed by atoms with Gasteiger partial charge in [0.25, 0.3) is 0 Å². The van der Waals surface area contributed by atoms with Crippen LogP contribution in [-0.2, 0) is 0 Å². The van der Waals surface area contributed by atoms with Crippen LogP contribution in [0, 0.1) is 11.8 Å². The lowest BCUT2D eigenvalue weighted by molar-refractivity contribution is 0.0465. The fraction of sp³-hybridized carbons (Fsp3) is 1.00. The van der Waals surface area contributed by atoms with Gasteiger partial charge in [0.1, 0.15) is 0 Å². The number of nitrogens with one attached hydrogen (secondary N) is 3. The van der Waals surface area contributed by atoms with Crippen molar-refractivity contribution >= 4 is 0 Å². The standard InChI is InChI=1S/C44H94N6O2/c1-3-5-7-9-11-13-15-17-19-23-40(25-21-29-45)27-31-47-37-43(51)35-42-36-49-33-34-50(42)39-44(52)38-48-32-28-41(26-22-30-46)24-20-18-16-14-12-10-8-6-4-2/h40-44,47-49,51-52H,3-39,45-46H2,1-2H3. The molecule has 1 aliphatic heterocycles. The zero-order chi connectivity index (χ0) is 37.7. The highest BCUT2D eigenvalue weighted by Gasteiger charge is 2.26. The molecule has 1 fully saturated rings. The number of aliphatic hydroxyl groups excluding tert-OH is 2. The van der Waals surface area contributed by atoms with E-state index >= 15 is 0 Å². The lowest BCUT2D eigenvalue weighted by Gasteiger charge is -2.38. The molecule has 52 heavy (non-hydrogen) atoms. The topological polar surface area (TPSA) is 132 Å². The van der Waals surface area contributed by atoms with Crippen LogP contribution in [-0.4, -0.2) is 98.8 Å². The van der Waals surface area contributed by atoms with Crippen LogP contribution in [0.3, 0.4) is 0 Å². The number of nitrogens with zero attached hydrogens (tertiary/aromatic N) is 1. The van der Waals surface area contributed by atoms with E-state index in [-0.39, 0.29) is 12.1 Å². The van der Waals surface area contributed by atoms with Crippen molar-refractivity contribution in [3.63, 3.8) is 0 Å². The molecule has 1 aliphatic rings. The number of hydrogen-bond donors (Lipinski definition) is 7. The van der Waals surface area contributed by atoms with Gasteiger partial charge >= 0.3 is 0 Å². The number of β-amino-alcohol motifs (C(OH)–C–C–N with tert-alkyl or cyclic N) is 1. The molecular formula is C44H94N6O2. The largest absolute Gasteiger partial charge is 0.392 e. The van der Waals surface area contributed by atoms with E-state index in [1.807, 2.05) is 0 Å². The average molecular weight is 739 g/mol. The van der Waals surface area contributed by atoms with Gasteiger partial charge < -0.3 is 37.6 Å². The normalized spacial score (nSPS) is 17.8. The first kappa shape index (κ1) is 49.7. The molecule has 0 amide bonds. The minimum absolute atomic E-state index is 0.251. The first-order valence-corrected chi connectivity index (χ1v) is 23.2. The number of rotatable bonds is 40. The van der Waals surface area contributed by atoms with E-state index in [0.29, 0.717) is 19.6 Å². The lowest BCUT2D eigenvalue weighted by atomic mass is 9.92. The molecule has 0 saturated carbocycles. The van der Waals surface area contributed by atoms with Gasteiger partial charge in [-0.05, 0) is 83.0 Å². The summed E-state index contributed by atoms with van der Waals surface area (Å²) in [6.07, 6.45) is 34.5. The molecule has 0 aromatic heterocycles. The van der Waals surface area contributed by atoms with Crippen molar-refractivity contribution in [3.8, 4) is 0 Å². The SMILES string of the molecule is CCCCCCCCCCCC(CCCN)CCNCC(O)CC1CNCCN1CC(O)CNCCC(CCCN)CCCCCCCCCCC. The van der Waals surface area contributed by atoms with Crippen LogP contribution in [0.1, 0.15) is 187 Å². The molecule has 0 radical (unpaired) electrons. The van der Waals surface area contributed by atoms with Crippen molar-refractivity contribution in [1.29, 1.82) is 0 Å². The predicted octanol–water partition coefficient (Wildman–Crippen LogP) is 7.88. The minimum Gasteiger partial charge on any atom is -0.392 e. The molecule has 8 heteroatoms. The highest BCUT2D eigenvalue weighted by atomic mass is 16.3. The summed E-state index contributed by atoms with van der Waals surface area (Å²) in [6, 6.07) is 0.251. The predicted molar refractivity (Wildman–Crippen MR) is 227 cm³/mol. The zero-order valence-corrected chi connectivity index (χ0v) is 35.0. The summed E-state index contributed by atoms with van der Waals surface area (Å²) >= 11 is 0. The second-order valence-corrected chi connectivity index (χ2v) is 16.7. The van der Waals surface area contributed by atoms with Crippen LogP contribution < -0.4 is 27.4 Å². The highest BCUT2D eigenvalue weighted by molar-refractivity contribution is 4.84. The monoisotopic (exact) mass is 739 g/mol. The van der Waals surface area contributed by atoms with Gasteiger partial charge in [-0.25, -0.2) is 0 Å². The smallest absolute Gasteiger partial charge is 0.0791 e. The molecule has 5 atom stereocenters. The maximum atomic E-state index is 11.0. The summed E-state index contributed by atoms with van der Waals surface area (Å²) in [5, 5.41) is 32.6. The summed E-state index contributed by atoms with van der Waals surface area (Å²) in [7, 11) is 0. The van der Waals surface area contributed by atoms with Crippen molar-refractivity contribution in [2.45, 2.75) is 205 Å². The maximum Gasteiger partial charge on any atom is 0.0791 e. The van der Waals surface area contributed by atoms with Crippen molar-refractivity contribution in [2.24, 2.45) is 23.3 Å². The third kappa shape index (κ3) is 30.0. The average Bonchev–Trinajstić information content (AvgIpc) is 3.14. The Balaban J connectivity index is 2.27. The first-order valence-electron chi connectivity index (χ1n) is 23.2. The highest BCUT2D eigenvalue weighted by Crippen LogP contribution is 2.21. The van der Waals surface area contributed by atoms with Gasteiger partial charge in [-0.3, -0.25) is 4.90 Å². The molecule has 1 heterocycles. The molecule has 0 bridgehead atoms. The Morgan fingerprint density at radius 3 is 1.46 bits per heavy atom. The number of aliphatic hydroxyl groups is 2. The van der Waals surface area contributed by atoms with E-state index in [1.54, 1.807) is 0 Å². The van der Waals surface area contributed by atoms with Crippen molar-refractivity contribution < 1.29 is 10.2 Å². The molecule has 1 rings (SSSR count). The number of unbranched alkanes of at least 4 members (excludes halogenated alkanes) is 16. The summed E-state index contributed by atoms with van der Waals surface area (Å²) in [5.74, 6) is 1.48. The van der Waals surface area contributed by atoms with E-state index < -0.39 is 6.10 Å². The van der Waals surface area contributed by atoms with Gasteiger partial charge in [0, 0.05) is 45.3 Å². The fourth-order valence-corrected chi connectivity index (χ4v) is 8.32. The first-order chi connectivity index (χ1) is 25.5. The van der Waals surface area contributed by atoms with Gasteiger partial charge in [-0.1, -0.05) is 142 Å². The van der Waals surface area contributed by atoms with Crippen LogP contribution in [0.4, 0.5) is 0 Å². The molecule has 9 N–H and O–H groups in total. The molecule has 0 aromatic rings. The Bertz CT molecular complexity index is 660. The Morgan fingerprint density at radius 1 is 0.577 bits per heavy atom. The number of nitrogens with two attached hydrogens (primary N) is 2. The second-order valence-electron chi connectivity index (χ2n) is 16.7. The molecule has 0 spiro atoms. The summed E-state index contributed by atoms with van der Waals surface area (Å²) in [4.78, 5) is 2.40. The van der Waals surface area contributed by atoms with Gasteiger partial charge in [-0.2, -0.15) is 0 Å². The third-order valence-electron chi connectivity index (χ3n) is 11.7. The number of hydrogen-bond acceptors (Lipinski definition) is 8. The summed E-state index contributed by atoms with van der Waals surface area (Å²) in [5.41, 5.74) is 11.7. The van der Waals surface area contributed by atoms with Gasteiger partial charge in [0.15, 0.2) is 0 Å². The minimum atomic E-state index is -0.396. The molecule has 0 aliphatic carbocycles. The van der Waals surface area contributed by atoms with E-state index in [0.717, 1.165) is 76.9 Å². The van der Waals surface area contributed by atoms with Gasteiger partial charge in [0.2, 0.25) is 0 Å². The lowest BCUT2D eigenvalue weighted by Crippen LogP contribution is -2.55. The van der Waals surface area contributed by atoms with Crippen molar-refractivity contribution in [3.05, 3.63) is 0 Å². The van der Waals surface area contributed by atoms with Crippen LogP contribution in [0.25, 0.3) is 0 Å². The molecule has 0 aromatic carbocycles. The molecule has 5 unspecified atom stereocenters. The van der Waals surface area contributed by atoms with Gasteiger partial charge in [0.05, 0.1) is 12.2 Å².